The first-order valence-electron chi connectivity index (χ1n) is 5.55. The molecule has 0 saturated carbocycles. The van der Waals surface area contributed by atoms with Crippen molar-refractivity contribution in [2.45, 2.75) is 20.3 Å². The van der Waals surface area contributed by atoms with Crippen LogP contribution in [0.4, 0.5) is 0 Å². The Hall–Kier alpha value is -1.51. The molecule has 0 radical (unpaired) electrons. The van der Waals surface area contributed by atoms with Crippen LogP contribution < -0.4 is 10.1 Å². The molecule has 1 amide bonds. The van der Waals surface area contributed by atoms with E-state index in [1.165, 1.54) is 0 Å². The number of hydrogen-bond acceptors (Lipinski definition) is 2. The molecule has 0 spiro atoms. The highest BCUT2D eigenvalue weighted by molar-refractivity contribution is 5.94. The molecular formula is C13H19NO2. The molecule has 0 heterocycles. The van der Waals surface area contributed by atoms with Crippen molar-refractivity contribution in [1.29, 1.82) is 0 Å². The lowest BCUT2D eigenvalue weighted by atomic mass is 10.1. The van der Waals surface area contributed by atoms with Gasteiger partial charge in [-0.05, 0) is 30.5 Å². The summed E-state index contributed by atoms with van der Waals surface area (Å²) >= 11 is 0. The van der Waals surface area contributed by atoms with E-state index < -0.39 is 0 Å². The Morgan fingerprint density at radius 1 is 1.44 bits per heavy atom. The van der Waals surface area contributed by atoms with Gasteiger partial charge in [0.15, 0.2) is 0 Å². The zero-order valence-corrected chi connectivity index (χ0v) is 10.1. The number of rotatable bonds is 5. The minimum Gasteiger partial charge on any atom is -0.497 e. The Morgan fingerprint density at radius 2 is 2.19 bits per heavy atom. The van der Waals surface area contributed by atoms with E-state index in [1.807, 2.05) is 12.1 Å². The molecule has 0 aliphatic heterocycles. The number of ether oxygens (including phenoxy) is 1. The average Bonchev–Trinajstić information content (AvgIpc) is 2.28. The molecule has 1 aromatic rings. The number of carbonyl (C=O) groups is 1. The summed E-state index contributed by atoms with van der Waals surface area (Å²) in [7, 11) is 1.59. The van der Waals surface area contributed by atoms with Crippen LogP contribution in [0.1, 0.15) is 30.6 Å². The van der Waals surface area contributed by atoms with Crippen LogP contribution in [0.5, 0.6) is 5.75 Å². The molecule has 0 fully saturated rings. The van der Waals surface area contributed by atoms with Crippen molar-refractivity contribution < 1.29 is 9.53 Å². The number of methoxy groups -OCH3 is 1. The molecule has 0 saturated heterocycles. The van der Waals surface area contributed by atoms with Crippen LogP contribution in [-0.4, -0.2) is 19.6 Å². The molecule has 3 nitrogen and oxygen atoms in total. The predicted octanol–water partition coefficient (Wildman–Crippen LogP) is 2.47. The summed E-state index contributed by atoms with van der Waals surface area (Å²) in [5.41, 5.74) is 0.642. The van der Waals surface area contributed by atoms with Gasteiger partial charge in [0.25, 0.3) is 5.91 Å². The second-order valence-corrected chi connectivity index (χ2v) is 4.17. The minimum absolute atomic E-state index is 0.0421. The third-order valence-electron chi connectivity index (χ3n) is 2.34. The molecule has 0 aliphatic rings. The molecule has 3 heteroatoms. The third kappa shape index (κ3) is 3.93. The highest BCUT2D eigenvalue weighted by Gasteiger charge is 2.05. The van der Waals surface area contributed by atoms with E-state index in [9.17, 15) is 4.79 Å². The zero-order chi connectivity index (χ0) is 12.0. The van der Waals surface area contributed by atoms with Crippen molar-refractivity contribution in [2.75, 3.05) is 13.7 Å². The fourth-order valence-corrected chi connectivity index (χ4v) is 1.34. The lowest BCUT2D eigenvalue weighted by Gasteiger charge is -2.08. The Morgan fingerprint density at radius 3 is 2.81 bits per heavy atom. The smallest absolute Gasteiger partial charge is 0.251 e. The molecule has 0 aromatic heterocycles. The summed E-state index contributed by atoms with van der Waals surface area (Å²) in [6.45, 7) is 4.99. The van der Waals surface area contributed by atoms with Crippen LogP contribution in [-0.2, 0) is 0 Å². The van der Waals surface area contributed by atoms with Gasteiger partial charge in [-0.25, -0.2) is 0 Å². The maximum atomic E-state index is 11.7. The number of carbonyl (C=O) groups excluding carboxylic acids is 1. The van der Waals surface area contributed by atoms with Crippen LogP contribution in [0.25, 0.3) is 0 Å². The Labute approximate surface area is 96.8 Å². The van der Waals surface area contributed by atoms with Crippen molar-refractivity contribution in [1.82, 2.24) is 5.32 Å². The number of amides is 1. The van der Waals surface area contributed by atoms with E-state index in [-0.39, 0.29) is 5.91 Å². The topological polar surface area (TPSA) is 38.3 Å². The second-order valence-electron chi connectivity index (χ2n) is 4.17. The summed E-state index contributed by atoms with van der Waals surface area (Å²) in [5.74, 6) is 1.27. The summed E-state index contributed by atoms with van der Waals surface area (Å²) in [4.78, 5) is 11.7. The van der Waals surface area contributed by atoms with Gasteiger partial charge in [-0.15, -0.1) is 0 Å². The standard InChI is InChI=1S/C13H19NO2/c1-10(2)7-8-14-13(15)11-5-4-6-12(9-11)16-3/h4-6,9-10H,7-8H2,1-3H3,(H,14,15). The van der Waals surface area contributed by atoms with Gasteiger partial charge in [0, 0.05) is 12.1 Å². The highest BCUT2D eigenvalue weighted by atomic mass is 16.5. The molecule has 16 heavy (non-hydrogen) atoms. The lowest BCUT2D eigenvalue weighted by molar-refractivity contribution is 0.0951. The molecule has 0 unspecified atom stereocenters. The largest absolute Gasteiger partial charge is 0.497 e. The molecule has 1 rings (SSSR count). The van der Waals surface area contributed by atoms with E-state index in [0.717, 1.165) is 6.42 Å². The number of hydrogen-bond donors (Lipinski definition) is 1. The van der Waals surface area contributed by atoms with Crippen molar-refractivity contribution in [3.63, 3.8) is 0 Å². The van der Waals surface area contributed by atoms with E-state index in [0.29, 0.717) is 23.8 Å². The molecule has 0 atom stereocenters. The SMILES string of the molecule is COc1cccc(C(=O)NCCC(C)C)c1. The van der Waals surface area contributed by atoms with Gasteiger partial charge >= 0.3 is 0 Å². The average molecular weight is 221 g/mol. The van der Waals surface area contributed by atoms with E-state index >= 15 is 0 Å². The molecule has 88 valence electrons. The molecule has 0 aliphatic carbocycles. The van der Waals surface area contributed by atoms with Crippen molar-refractivity contribution in [3.05, 3.63) is 29.8 Å². The first kappa shape index (κ1) is 12.6. The normalized spacial score (nSPS) is 10.2. The quantitative estimate of drug-likeness (QED) is 0.829. The van der Waals surface area contributed by atoms with E-state index in [1.54, 1.807) is 19.2 Å². The van der Waals surface area contributed by atoms with Crippen molar-refractivity contribution in [2.24, 2.45) is 5.92 Å². The maximum Gasteiger partial charge on any atom is 0.251 e. The number of benzene rings is 1. The molecule has 0 bridgehead atoms. The molecule has 1 aromatic carbocycles. The van der Waals surface area contributed by atoms with Gasteiger partial charge in [0.05, 0.1) is 7.11 Å². The van der Waals surface area contributed by atoms with Crippen molar-refractivity contribution >= 4 is 5.91 Å². The summed E-state index contributed by atoms with van der Waals surface area (Å²) in [5, 5.41) is 2.89. The fourth-order valence-electron chi connectivity index (χ4n) is 1.34. The minimum atomic E-state index is -0.0421. The third-order valence-corrected chi connectivity index (χ3v) is 2.34. The fraction of sp³-hybridized carbons (Fsp3) is 0.462. The van der Waals surface area contributed by atoms with Crippen LogP contribution in [0.3, 0.4) is 0 Å². The first-order valence-corrected chi connectivity index (χ1v) is 5.55. The van der Waals surface area contributed by atoms with Crippen molar-refractivity contribution in [3.8, 4) is 5.75 Å². The van der Waals surface area contributed by atoms with Gasteiger partial charge in [-0.2, -0.15) is 0 Å². The van der Waals surface area contributed by atoms with E-state index in [2.05, 4.69) is 19.2 Å². The van der Waals surface area contributed by atoms with Gasteiger partial charge < -0.3 is 10.1 Å². The van der Waals surface area contributed by atoms with Gasteiger partial charge in [0.1, 0.15) is 5.75 Å². The Bertz CT molecular complexity index is 348. The Balaban J connectivity index is 2.52. The lowest BCUT2D eigenvalue weighted by Crippen LogP contribution is -2.25. The maximum absolute atomic E-state index is 11.7. The van der Waals surface area contributed by atoms with Crippen LogP contribution in [0.15, 0.2) is 24.3 Å². The van der Waals surface area contributed by atoms with E-state index in [4.69, 9.17) is 4.74 Å². The van der Waals surface area contributed by atoms with Gasteiger partial charge in [-0.1, -0.05) is 19.9 Å². The monoisotopic (exact) mass is 221 g/mol. The van der Waals surface area contributed by atoms with Gasteiger partial charge in [-0.3, -0.25) is 4.79 Å². The summed E-state index contributed by atoms with van der Waals surface area (Å²) < 4.78 is 5.07. The number of nitrogens with one attached hydrogen (secondary N) is 1. The van der Waals surface area contributed by atoms with Crippen LogP contribution >= 0.6 is 0 Å². The summed E-state index contributed by atoms with van der Waals surface area (Å²) in [6, 6.07) is 7.17. The van der Waals surface area contributed by atoms with Gasteiger partial charge in [0.2, 0.25) is 0 Å². The molecule has 1 N–H and O–H groups in total. The zero-order valence-electron chi connectivity index (χ0n) is 10.1. The predicted molar refractivity (Wildman–Crippen MR) is 64.8 cm³/mol. The van der Waals surface area contributed by atoms with Crippen LogP contribution in [0, 0.1) is 5.92 Å². The first-order chi connectivity index (χ1) is 7.63. The highest BCUT2D eigenvalue weighted by Crippen LogP contribution is 2.12. The summed E-state index contributed by atoms with van der Waals surface area (Å²) in [6.07, 6.45) is 0.996. The van der Waals surface area contributed by atoms with Crippen LogP contribution in [0.2, 0.25) is 0 Å². The second kappa shape index (κ2) is 6.16. The Kier molecular flexibility index (Phi) is 4.83. The molecular weight excluding hydrogens is 202 g/mol.